The summed E-state index contributed by atoms with van der Waals surface area (Å²) in [6.45, 7) is 0.949. The van der Waals surface area contributed by atoms with Crippen LogP contribution in [0.1, 0.15) is 0 Å². The number of thioether (sulfide) groups is 1. The van der Waals surface area contributed by atoms with Crippen molar-refractivity contribution in [2.24, 2.45) is 0 Å². The molecule has 0 aliphatic carbocycles. The molecule has 0 aliphatic rings. The Morgan fingerprint density at radius 1 is 1.08 bits per heavy atom. The average Bonchev–Trinajstić information content (AvgIpc) is 2.61. The first-order valence-corrected chi connectivity index (χ1v) is 9.09. The van der Waals surface area contributed by atoms with Crippen molar-refractivity contribution in [1.29, 1.82) is 0 Å². The number of methoxy groups -OCH3 is 1. The summed E-state index contributed by atoms with van der Waals surface area (Å²) in [7, 11) is 5.77. The van der Waals surface area contributed by atoms with Crippen LogP contribution in [0, 0.1) is 5.82 Å². The highest BCUT2D eigenvalue weighted by atomic mass is 32.2. The number of nitrogens with zero attached hydrogens (tertiary/aromatic N) is 2. The minimum absolute atomic E-state index is 0.252. The van der Waals surface area contributed by atoms with E-state index in [0.29, 0.717) is 0 Å². The topological polar surface area (TPSA) is 25.4 Å². The van der Waals surface area contributed by atoms with Crippen molar-refractivity contribution in [2.75, 3.05) is 33.5 Å². The van der Waals surface area contributed by atoms with Gasteiger partial charge in [0.2, 0.25) is 0 Å². The molecule has 0 saturated carbocycles. The van der Waals surface area contributed by atoms with Crippen molar-refractivity contribution in [1.82, 2.24) is 9.88 Å². The van der Waals surface area contributed by atoms with Gasteiger partial charge in [0.05, 0.1) is 18.2 Å². The zero-order valence-corrected chi connectivity index (χ0v) is 15.4. The molecule has 1 heterocycles. The fourth-order valence-electron chi connectivity index (χ4n) is 2.67. The number of fused-ring (bicyclic) bond motifs is 1. The number of halogens is 1. The number of rotatable bonds is 6. The smallest absolute Gasteiger partial charge is 0.138 e. The molecule has 3 nitrogen and oxygen atoms in total. The van der Waals surface area contributed by atoms with Crippen LogP contribution in [0.25, 0.3) is 22.0 Å². The second-order valence-corrected chi connectivity index (χ2v) is 7.08. The van der Waals surface area contributed by atoms with E-state index in [9.17, 15) is 4.39 Å². The Morgan fingerprint density at radius 2 is 1.80 bits per heavy atom. The Labute approximate surface area is 151 Å². The van der Waals surface area contributed by atoms with E-state index in [4.69, 9.17) is 9.72 Å². The number of hydrogen-bond donors (Lipinski definition) is 0. The number of hydrogen-bond acceptors (Lipinski definition) is 4. The Hall–Kier alpha value is -2.11. The van der Waals surface area contributed by atoms with Gasteiger partial charge in [0, 0.05) is 17.7 Å². The van der Waals surface area contributed by atoms with E-state index in [-0.39, 0.29) is 5.82 Å². The van der Waals surface area contributed by atoms with Gasteiger partial charge in [-0.2, -0.15) is 0 Å². The fraction of sp³-hybridized carbons (Fsp3) is 0.250. The lowest BCUT2D eigenvalue weighted by molar-refractivity contribution is 0.420. The first-order valence-electron chi connectivity index (χ1n) is 8.10. The summed E-state index contributed by atoms with van der Waals surface area (Å²) in [4.78, 5) is 6.99. The van der Waals surface area contributed by atoms with Crippen molar-refractivity contribution >= 4 is 22.7 Å². The second-order valence-electron chi connectivity index (χ2n) is 6.00. The molecule has 5 heteroatoms. The van der Waals surface area contributed by atoms with Crippen LogP contribution < -0.4 is 4.74 Å². The molecule has 0 unspecified atom stereocenters. The molecule has 0 spiro atoms. The highest BCUT2D eigenvalue weighted by molar-refractivity contribution is 7.99. The molecule has 0 atom stereocenters. The predicted octanol–water partition coefficient (Wildman–Crippen LogP) is 4.70. The van der Waals surface area contributed by atoms with Crippen molar-refractivity contribution in [2.45, 2.75) is 5.03 Å². The molecule has 0 fully saturated rings. The Bertz CT molecular complexity index is 865. The summed E-state index contributed by atoms with van der Waals surface area (Å²) in [6.07, 6.45) is 0. The molecule has 0 aliphatic heterocycles. The summed E-state index contributed by atoms with van der Waals surface area (Å²) >= 11 is 1.69. The number of para-hydroxylation sites is 1. The summed E-state index contributed by atoms with van der Waals surface area (Å²) in [6, 6.07) is 14.4. The molecule has 2 aromatic carbocycles. The molecular formula is C20H21FN2OS. The van der Waals surface area contributed by atoms with Gasteiger partial charge < -0.3 is 9.64 Å². The zero-order valence-electron chi connectivity index (χ0n) is 14.6. The van der Waals surface area contributed by atoms with Gasteiger partial charge in [0.1, 0.15) is 16.6 Å². The lowest BCUT2D eigenvalue weighted by Crippen LogP contribution is -2.14. The largest absolute Gasteiger partial charge is 0.495 e. The molecule has 0 radical (unpaired) electrons. The highest BCUT2D eigenvalue weighted by Gasteiger charge is 2.18. The van der Waals surface area contributed by atoms with E-state index in [1.165, 1.54) is 12.1 Å². The molecule has 0 bridgehead atoms. The normalized spacial score (nSPS) is 11.2. The van der Waals surface area contributed by atoms with Gasteiger partial charge >= 0.3 is 0 Å². The van der Waals surface area contributed by atoms with Crippen LogP contribution in [0.4, 0.5) is 4.39 Å². The number of benzene rings is 2. The number of pyridine rings is 1. The number of ether oxygens (including phenoxy) is 1. The molecule has 25 heavy (non-hydrogen) atoms. The van der Waals surface area contributed by atoms with Crippen LogP contribution in [0.15, 0.2) is 53.6 Å². The SMILES string of the molecule is COc1c(-c2ccc(F)cc2)c(SCCN(C)C)nc2ccccc12. The van der Waals surface area contributed by atoms with Gasteiger partial charge in [0.15, 0.2) is 0 Å². The molecule has 3 aromatic rings. The molecule has 1 aromatic heterocycles. The molecule has 0 saturated heterocycles. The quantitative estimate of drug-likeness (QED) is 0.598. The van der Waals surface area contributed by atoms with Gasteiger partial charge in [-0.05, 0) is 43.9 Å². The summed E-state index contributed by atoms with van der Waals surface area (Å²) in [5.41, 5.74) is 2.73. The monoisotopic (exact) mass is 356 g/mol. The lowest BCUT2D eigenvalue weighted by Gasteiger charge is -2.17. The molecular weight excluding hydrogens is 335 g/mol. The van der Waals surface area contributed by atoms with Gasteiger partial charge in [-0.3, -0.25) is 0 Å². The zero-order chi connectivity index (χ0) is 17.8. The summed E-state index contributed by atoms with van der Waals surface area (Å²) < 4.78 is 19.1. The maximum absolute atomic E-state index is 13.4. The summed E-state index contributed by atoms with van der Waals surface area (Å²) in [5, 5.41) is 1.87. The molecule has 3 rings (SSSR count). The van der Waals surface area contributed by atoms with Crippen molar-refractivity contribution in [3.63, 3.8) is 0 Å². The minimum atomic E-state index is -0.252. The van der Waals surface area contributed by atoms with Crippen LogP contribution in [-0.2, 0) is 0 Å². The molecule has 130 valence electrons. The van der Waals surface area contributed by atoms with E-state index >= 15 is 0 Å². The lowest BCUT2D eigenvalue weighted by atomic mass is 10.0. The van der Waals surface area contributed by atoms with Crippen molar-refractivity contribution < 1.29 is 9.13 Å². The van der Waals surface area contributed by atoms with Gasteiger partial charge in [-0.25, -0.2) is 9.37 Å². The summed E-state index contributed by atoms with van der Waals surface area (Å²) in [5.74, 6) is 1.44. The second kappa shape index (κ2) is 7.85. The van der Waals surface area contributed by atoms with E-state index in [1.54, 1.807) is 31.0 Å². The first kappa shape index (κ1) is 17.7. The third-order valence-corrected chi connectivity index (χ3v) is 4.88. The predicted molar refractivity (Wildman–Crippen MR) is 103 cm³/mol. The van der Waals surface area contributed by atoms with Crippen LogP contribution in [0.2, 0.25) is 0 Å². The van der Waals surface area contributed by atoms with Crippen molar-refractivity contribution in [3.8, 4) is 16.9 Å². The van der Waals surface area contributed by atoms with Crippen molar-refractivity contribution in [3.05, 3.63) is 54.3 Å². The van der Waals surface area contributed by atoms with Crippen LogP contribution in [0.3, 0.4) is 0 Å². The maximum Gasteiger partial charge on any atom is 0.138 e. The Balaban J connectivity index is 2.16. The van der Waals surface area contributed by atoms with Crippen LogP contribution >= 0.6 is 11.8 Å². The van der Waals surface area contributed by atoms with E-state index in [1.807, 2.05) is 24.3 Å². The van der Waals surface area contributed by atoms with Gasteiger partial charge in [-0.15, -0.1) is 11.8 Å². The van der Waals surface area contributed by atoms with Crippen LogP contribution in [0.5, 0.6) is 5.75 Å². The Morgan fingerprint density at radius 3 is 2.48 bits per heavy atom. The van der Waals surface area contributed by atoms with E-state index in [0.717, 1.165) is 45.1 Å². The third-order valence-electron chi connectivity index (χ3n) is 3.93. The first-order chi connectivity index (χ1) is 12.1. The van der Waals surface area contributed by atoms with E-state index in [2.05, 4.69) is 19.0 Å². The highest BCUT2D eigenvalue weighted by Crippen LogP contribution is 2.42. The van der Waals surface area contributed by atoms with Gasteiger partial charge in [0.25, 0.3) is 0 Å². The number of aromatic nitrogens is 1. The molecule has 0 N–H and O–H groups in total. The standard InChI is InChI=1S/C20H21FN2OS/c1-23(2)12-13-25-20-18(14-8-10-15(21)11-9-14)19(24-3)16-6-4-5-7-17(16)22-20/h4-11H,12-13H2,1-3H3. The average molecular weight is 356 g/mol. The minimum Gasteiger partial charge on any atom is -0.495 e. The fourth-order valence-corrected chi connectivity index (χ4v) is 3.84. The van der Waals surface area contributed by atoms with Crippen LogP contribution in [-0.4, -0.2) is 43.4 Å². The third kappa shape index (κ3) is 3.94. The van der Waals surface area contributed by atoms with E-state index < -0.39 is 0 Å². The maximum atomic E-state index is 13.4. The van der Waals surface area contributed by atoms with Gasteiger partial charge in [-0.1, -0.05) is 24.3 Å². The molecule has 0 amide bonds. The Kier molecular flexibility index (Phi) is 5.56.